The molecular weight excluding hydrogens is 114 g/mol. The number of hydrogen-bond acceptors (Lipinski definition) is 2. The van der Waals surface area contributed by atoms with Gasteiger partial charge in [0, 0.05) is 0 Å². The van der Waals surface area contributed by atoms with Crippen molar-refractivity contribution >= 4 is 0 Å². The van der Waals surface area contributed by atoms with Gasteiger partial charge in [-0.25, -0.2) is 0 Å². The number of nitrogens with zero attached hydrogens (tertiary/aromatic N) is 1. The first-order chi connectivity index (χ1) is 4.43. The first-order valence-electron chi connectivity index (χ1n) is 3.72. The van der Waals surface area contributed by atoms with Crippen LogP contribution in [0.25, 0.3) is 0 Å². The zero-order valence-electron chi connectivity index (χ0n) is 5.68. The minimum absolute atomic E-state index is 0.556. The summed E-state index contributed by atoms with van der Waals surface area (Å²) in [4.78, 5) is 9.82. The van der Waals surface area contributed by atoms with Crippen molar-refractivity contribution in [2.45, 2.75) is 32.1 Å². The summed E-state index contributed by atoms with van der Waals surface area (Å²) in [7, 11) is 0. The van der Waals surface area contributed by atoms with E-state index in [0.717, 1.165) is 0 Å². The minimum Gasteiger partial charge on any atom is -0.151 e. The molecule has 1 saturated carbocycles. The maximum absolute atomic E-state index is 9.82. The van der Waals surface area contributed by atoms with Gasteiger partial charge in [-0.3, -0.25) is 0 Å². The average Bonchev–Trinajstić information content (AvgIpc) is 1.91. The van der Waals surface area contributed by atoms with Crippen molar-refractivity contribution < 1.29 is 0 Å². The molecule has 2 nitrogen and oxygen atoms in total. The van der Waals surface area contributed by atoms with Crippen molar-refractivity contribution in [2.75, 3.05) is 6.54 Å². The average molecular weight is 127 g/mol. The van der Waals surface area contributed by atoms with E-state index in [1.54, 1.807) is 0 Å². The van der Waals surface area contributed by atoms with Crippen molar-refractivity contribution in [2.24, 2.45) is 11.1 Å². The van der Waals surface area contributed by atoms with E-state index in [-0.39, 0.29) is 0 Å². The second-order valence-corrected chi connectivity index (χ2v) is 2.82. The first kappa shape index (κ1) is 6.72. The highest BCUT2D eigenvalue weighted by Crippen LogP contribution is 2.23. The summed E-state index contributed by atoms with van der Waals surface area (Å²) in [5.74, 6) is 0.622. The number of rotatable bonds is 2. The van der Waals surface area contributed by atoms with Gasteiger partial charge in [0.15, 0.2) is 0 Å². The summed E-state index contributed by atoms with van der Waals surface area (Å²) in [6, 6.07) is 0. The molecule has 0 amide bonds. The van der Waals surface area contributed by atoms with E-state index in [1.807, 2.05) is 0 Å². The zero-order valence-corrected chi connectivity index (χ0v) is 5.68. The van der Waals surface area contributed by atoms with Crippen molar-refractivity contribution in [3.8, 4) is 0 Å². The van der Waals surface area contributed by atoms with Crippen LogP contribution in [-0.4, -0.2) is 6.54 Å². The molecule has 2 heteroatoms. The predicted octanol–water partition coefficient (Wildman–Crippen LogP) is 2.33. The normalized spacial score (nSPS) is 21.8. The highest BCUT2D eigenvalue weighted by atomic mass is 16.3. The molecular formula is C7H13NO. The predicted molar refractivity (Wildman–Crippen MR) is 37.2 cm³/mol. The molecule has 0 radical (unpaired) electrons. The highest BCUT2D eigenvalue weighted by molar-refractivity contribution is 4.66. The van der Waals surface area contributed by atoms with Crippen molar-refractivity contribution in [1.82, 2.24) is 0 Å². The second kappa shape index (κ2) is 3.59. The molecule has 0 N–H and O–H groups in total. The van der Waals surface area contributed by atoms with Gasteiger partial charge in [-0.1, -0.05) is 24.4 Å². The van der Waals surface area contributed by atoms with Gasteiger partial charge in [0.25, 0.3) is 0 Å². The Morgan fingerprint density at radius 2 is 1.89 bits per heavy atom. The second-order valence-electron chi connectivity index (χ2n) is 2.82. The van der Waals surface area contributed by atoms with Gasteiger partial charge in [-0.15, -0.1) is 0 Å². The minimum atomic E-state index is 0.556. The first-order valence-corrected chi connectivity index (χ1v) is 3.72. The Bertz CT molecular complexity index is 86.9. The number of nitroso groups, excluding NO2 is 1. The van der Waals surface area contributed by atoms with Gasteiger partial charge in [0.05, 0.1) is 6.54 Å². The summed E-state index contributed by atoms with van der Waals surface area (Å²) in [6.07, 6.45) is 6.42. The molecule has 9 heavy (non-hydrogen) atoms. The standard InChI is InChI=1S/C7H13NO/c9-8-6-7-4-2-1-3-5-7/h7H,1-6H2. The van der Waals surface area contributed by atoms with Gasteiger partial charge in [-0.2, -0.15) is 4.91 Å². The van der Waals surface area contributed by atoms with Crippen molar-refractivity contribution in [3.05, 3.63) is 4.91 Å². The van der Waals surface area contributed by atoms with Crippen LogP contribution in [-0.2, 0) is 0 Å². The van der Waals surface area contributed by atoms with E-state index < -0.39 is 0 Å². The quantitative estimate of drug-likeness (QED) is 0.523. The molecule has 1 fully saturated rings. The monoisotopic (exact) mass is 127 g/mol. The van der Waals surface area contributed by atoms with E-state index in [4.69, 9.17) is 0 Å². The van der Waals surface area contributed by atoms with Crippen molar-refractivity contribution in [3.63, 3.8) is 0 Å². The van der Waals surface area contributed by atoms with Gasteiger partial charge >= 0.3 is 0 Å². The Hall–Kier alpha value is -0.400. The Kier molecular flexibility index (Phi) is 2.68. The summed E-state index contributed by atoms with van der Waals surface area (Å²) in [5.41, 5.74) is 0. The third-order valence-corrected chi connectivity index (χ3v) is 2.06. The lowest BCUT2D eigenvalue weighted by Gasteiger charge is -2.17. The van der Waals surface area contributed by atoms with Crippen LogP contribution < -0.4 is 0 Å². The Morgan fingerprint density at radius 3 is 2.44 bits per heavy atom. The Morgan fingerprint density at radius 1 is 1.22 bits per heavy atom. The van der Waals surface area contributed by atoms with Crippen LogP contribution in [0.5, 0.6) is 0 Å². The van der Waals surface area contributed by atoms with Gasteiger partial charge < -0.3 is 0 Å². The molecule has 0 aromatic carbocycles. The maximum Gasteiger partial charge on any atom is 0.0839 e. The third-order valence-electron chi connectivity index (χ3n) is 2.06. The van der Waals surface area contributed by atoms with Crippen molar-refractivity contribution in [1.29, 1.82) is 0 Å². The fourth-order valence-electron chi connectivity index (χ4n) is 1.48. The lowest BCUT2D eigenvalue weighted by Crippen LogP contribution is -2.08. The van der Waals surface area contributed by atoms with Crippen LogP contribution in [0.1, 0.15) is 32.1 Å². The fraction of sp³-hybridized carbons (Fsp3) is 1.00. The summed E-state index contributed by atoms with van der Waals surface area (Å²) in [5, 5.41) is 2.91. The summed E-state index contributed by atoms with van der Waals surface area (Å²) >= 11 is 0. The van der Waals surface area contributed by atoms with Crippen LogP contribution in [0, 0.1) is 10.8 Å². The SMILES string of the molecule is O=NCC1CCCCC1. The number of hydrogen-bond donors (Lipinski definition) is 0. The molecule has 0 aromatic rings. The van der Waals surface area contributed by atoms with E-state index in [1.165, 1.54) is 32.1 Å². The Balaban J connectivity index is 2.15. The van der Waals surface area contributed by atoms with Crippen LogP contribution in [0.15, 0.2) is 5.18 Å². The molecule has 1 aliphatic rings. The molecule has 0 heterocycles. The van der Waals surface area contributed by atoms with Crippen LogP contribution in [0.2, 0.25) is 0 Å². The van der Waals surface area contributed by atoms with Crippen LogP contribution >= 0.6 is 0 Å². The van der Waals surface area contributed by atoms with E-state index in [9.17, 15) is 4.91 Å². The molecule has 1 rings (SSSR count). The van der Waals surface area contributed by atoms with Gasteiger partial charge in [0.2, 0.25) is 0 Å². The molecule has 1 aliphatic carbocycles. The summed E-state index contributed by atoms with van der Waals surface area (Å²) < 4.78 is 0. The maximum atomic E-state index is 9.82. The lowest BCUT2D eigenvalue weighted by molar-refractivity contribution is 0.366. The highest BCUT2D eigenvalue weighted by Gasteiger charge is 2.12. The molecule has 0 aliphatic heterocycles. The lowest BCUT2D eigenvalue weighted by atomic mass is 9.90. The van der Waals surface area contributed by atoms with Gasteiger partial charge in [0.1, 0.15) is 0 Å². The van der Waals surface area contributed by atoms with Crippen LogP contribution in [0.4, 0.5) is 0 Å². The molecule has 52 valence electrons. The topological polar surface area (TPSA) is 29.4 Å². The largest absolute Gasteiger partial charge is 0.151 e. The Labute approximate surface area is 55.6 Å². The third kappa shape index (κ3) is 2.12. The van der Waals surface area contributed by atoms with E-state index >= 15 is 0 Å². The van der Waals surface area contributed by atoms with Crippen LogP contribution in [0.3, 0.4) is 0 Å². The fourth-order valence-corrected chi connectivity index (χ4v) is 1.48. The van der Waals surface area contributed by atoms with E-state index in [0.29, 0.717) is 12.5 Å². The molecule has 0 saturated heterocycles. The molecule has 0 bridgehead atoms. The molecule has 0 aromatic heterocycles. The smallest absolute Gasteiger partial charge is 0.0839 e. The van der Waals surface area contributed by atoms with E-state index in [2.05, 4.69) is 5.18 Å². The molecule has 0 spiro atoms. The van der Waals surface area contributed by atoms with Gasteiger partial charge in [-0.05, 0) is 18.8 Å². The summed E-state index contributed by atoms with van der Waals surface area (Å²) in [6.45, 7) is 0.556. The zero-order chi connectivity index (χ0) is 6.53. The molecule has 0 unspecified atom stereocenters. The molecule has 0 atom stereocenters.